The molecule has 142 valence electrons. The summed E-state index contributed by atoms with van der Waals surface area (Å²) in [7, 11) is 1.76. The third-order valence-corrected chi connectivity index (χ3v) is 8.62. The van der Waals surface area contributed by atoms with Gasteiger partial charge in [0.05, 0.1) is 7.11 Å². The van der Waals surface area contributed by atoms with E-state index < -0.39 is 0 Å². The molecule has 0 N–H and O–H groups in total. The quantitative estimate of drug-likeness (QED) is 0.303. The van der Waals surface area contributed by atoms with Crippen LogP contribution in [0.1, 0.15) is 22.6 Å². The molecule has 0 bridgehead atoms. The van der Waals surface area contributed by atoms with Crippen molar-refractivity contribution in [3.63, 3.8) is 0 Å². The molecule has 0 amide bonds. The molecule has 1 unspecified atom stereocenters. The van der Waals surface area contributed by atoms with Crippen LogP contribution in [0.25, 0.3) is 21.9 Å². The lowest BCUT2D eigenvalue weighted by atomic mass is 9.86. The van der Waals surface area contributed by atoms with E-state index in [1.54, 1.807) is 7.11 Å². The number of ether oxygens (including phenoxy) is 1. The second-order valence-electron chi connectivity index (χ2n) is 7.49. The lowest BCUT2D eigenvalue weighted by Crippen LogP contribution is -2.03. The Labute approximate surface area is 179 Å². The molecule has 0 radical (unpaired) electrons. The molecular weight excluding hydrogens is 392 g/mol. The maximum atomic E-state index is 5.59. The van der Waals surface area contributed by atoms with E-state index >= 15 is 0 Å². The first-order valence-electron chi connectivity index (χ1n) is 9.94. The smallest absolute Gasteiger partial charge is 0.119 e. The second-order valence-corrected chi connectivity index (χ2v) is 9.70. The summed E-state index contributed by atoms with van der Waals surface area (Å²) >= 11 is 4.02. The van der Waals surface area contributed by atoms with Gasteiger partial charge in [0.1, 0.15) is 5.75 Å². The normalized spacial score (nSPS) is 16.9. The number of hydrogen-bond donors (Lipinski definition) is 0. The Kier molecular flexibility index (Phi) is 4.14. The van der Waals surface area contributed by atoms with Crippen molar-refractivity contribution in [3.8, 4) is 16.9 Å². The summed E-state index contributed by atoms with van der Waals surface area (Å²) in [6.45, 7) is 0. The molecule has 4 aromatic carbocycles. The molecule has 1 aliphatic heterocycles. The van der Waals surface area contributed by atoms with E-state index in [1.165, 1.54) is 48.4 Å². The Hall–Kier alpha value is -2.36. The average Bonchev–Trinajstić information content (AvgIpc) is 3.15. The van der Waals surface area contributed by atoms with Crippen LogP contribution in [0.4, 0.5) is 0 Å². The molecule has 4 aromatic rings. The van der Waals surface area contributed by atoms with Gasteiger partial charge in [0, 0.05) is 38.2 Å². The molecule has 6 rings (SSSR count). The maximum Gasteiger partial charge on any atom is 0.119 e. The van der Waals surface area contributed by atoms with Gasteiger partial charge < -0.3 is 4.74 Å². The third-order valence-electron chi connectivity index (χ3n) is 6.00. The molecule has 2 aliphatic rings. The highest BCUT2D eigenvalue weighted by molar-refractivity contribution is 8.05. The Morgan fingerprint density at radius 3 is 2.38 bits per heavy atom. The van der Waals surface area contributed by atoms with Gasteiger partial charge in [0.15, 0.2) is 0 Å². The van der Waals surface area contributed by atoms with E-state index in [-0.39, 0.29) is 5.92 Å². The summed E-state index contributed by atoms with van der Waals surface area (Å²) in [5.74, 6) is 3.53. The monoisotopic (exact) mass is 412 g/mol. The molecule has 0 saturated carbocycles. The van der Waals surface area contributed by atoms with Crippen LogP contribution in [0.5, 0.6) is 5.75 Å². The van der Waals surface area contributed by atoms with Crippen molar-refractivity contribution < 1.29 is 4.74 Å². The third kappa shape index (κ3) is 2.57. The Balaban J connectivity index is 1.77. The van der Waals surface area contributed by atoms with Crippen LogP contribution in [0.15, 0.2) is 82.6 Å². The minimum absolute atomic E-state index is 0.274. The van der Waals surface area contributed by atoms with Gasteiger partial charge in [-0.05, 0) is 39.8 Å². The van der Waals surface area contributed by atoms with Crippen LogP contribution in [0.2, 0.25) is 0 Å². The number of methoxy groups -OCH3 is 1. The highest BCUT2D eigenvalue weighted by Crippen LogP contribution is 2.58. The molecular formula is C26H20OS2. The van der Waals surface area contributed by atoms with E-state index in [4.69, 9.17) is 4.74 Å². The van der Waals surface area contributed by atoms with Crippen molar-refractivity contribution in [2.75, 3.05) is 18.6 Å². The first-order chi connectivity index (χ1) is 14.4. The van der Waals surface area contributed by atoms with Crippen molar-refractivity contribution in [2.24, 2.45) is 0 Å². The van der Waals surface area contributed by atoms with Gasteiger partial charge in [-0.1, -0.05) is 60.7 Å². The van der Waals surface area contributed by atoms with Crippen LogP contribution >= 0.6 is 23.5 Å². The summed E-state index contributed by atoms with van der Waals surface area (Å²) in [6.07, 6.45) is 0. The summed E-state index contributed by atoms with van der Waals surface area (Å²) in [4.78, 5) is 2.89. The Morgan fingerprint density at radius 1 is 0.793 bits per heavy atom. The standard InChI is InChI=1S/C26H20OS2/c1-27-17-11-12-20-21(15-17)25-26(29-14-13-28-25)24-19-10-6-5-9-18(19)22(23(20)24)16-7-3-2-4-8-16/h2-12,15,22H,13-14H2,1H3. The largest absolute Gasteiger partial charge is 0.497 e. The zero-order chi connectivity index (χ0) is 19.4. The Morgan fingerprint density at radius 2 is 1.55 bits per heavy atom. The summed E-state index contributed by atoms with van der Waals surface area (Å²) in [6, 6.07) is 26.6. The highest BCUT2D eigenvalue weighted by atomic mass is 32.2. The predicted molar refractivity (Wildman–Crippen MR) is 125 cm³/mol. The van der Waals surface area contributed by atoms with Gasteiger partial charge in [0.2, 0.25) is 0 Å². The van der Waals surface area contributed by atoms with Crippen LogP contribution in [0.3, 0.4) is 0 Å². The molecule has 0 saturated heterocycles. The molecule has 1 heterocycles. The fourth-order valence-corrected chi connectivity index (χ4v) is 7.42. The molecule has 0 aromatic heterocycles. The zero-order valence-electron chi connectivity index (χ0n) is 16.1. The van der Waals surface area contributed by atoms with E-state index in [9.17, 15) is 0 Å². The second kappa shape index (κ2) is 6.86. The van der Waals surface area contributed by atoms with E-state index in [0.717, 1.165) is 17.3 Å². The van der Waals surface area contributed by atoms with Crippen molar-refractivity contribution >= 4 is 34.3 Å². The fourth-order valence-electron chi connectivity index (χ4n) is 4.83. The van der Waals surface area contributed by atoms with Crippen LogP contribution < -0.4 is 4.74 Å². The average molecular weight is 413 g/mol. The van der Waals surface area contributed by atoms with Gasteiger partial charge in [-0.2, -0.15) is 0 Å². The molecule has 1 nitrogen and oxygen atoms in total. The van der Waals surface area contributed by atoms with Crippen LogP contribution in [-0.2, 0) is 0 Å². The summed E-state index contributed by atoms with van der Waals surface area (Å²) < 4.78 is 5.59. The van der Waals surface area contributed by atoms with E-state index in [2.05, 4.69) is 72.8 Å². The minimum Gasteiger partial charge on any atom is -0.497 e. The maximum absolute atomic E-state index is 5.59. The van der Waals surface area contributed by atoms with Crippen molar-refractivity contribution in [2.45, 2.75) is 15.7 Å². The van der Waals surface area contributed by atoms with Crippen molar-refractivity contribution in [3.05, 3.63) is 89.5 Å². The van der Waals surface area contributed by atoms with Crippen LogP contribution in [0, 0.1) is 0 Å². The number of fused-ring (bicyclic) bond motifs is 8. The molecule has 29 heavy (non-hydrogen) atoms. The SMILES string of the molecule is COc1ccc2c3c(c4c(c2c1)SCCS4)-c1ccccc1C3c1ccccc1. The summed E-state index contributed by atoms with van der Waals surface area (Å²) in [5, 5.41) is 2.70. The Bertz CT molecular complexity index is 1250. The first-order valence-corrected chi connectivity index (χ1v) is 11.9. The van der Waals surface area contributed by atoms with Gasteiger partial charge in [-0.15, -0.1) is 23.5 Å². The molecule has 0 fully saturated rings. The fraction of sp³-hybridized carbons (Fsp3) is 0.154. The molecule has 1 atom stereocenters. The first kappa shape index (κ1) is 17.5. The summed E-state index contributed by atoms with van der Waals surface area (Å²) in [5.41, 5.74) is 7.11. The minimum atomic E-state index is 0.274. The lowest BCUT2D eigenvalue weighted by Gasteiger charge is -2.24. The number of rotatable bonds is 2. The number of benzene rings is 4. The van der Waals surface area contributed by atoms with Gasteiger partial charge >= 0.3 is 0 Å². The lowest BCUT2D eigenvalue weighted by molar-refractivity contribution is 0.415. The van der Waals surface area contributed by atoms with E-state index in [1.807, 2.05) is 23.5 Å². The zero-order valence-corrected chi connectivity index (χ0v) is 17.8. The number of thioether (sulfide) groups is 2. The van der Waals surface area contributed by atoms with Gasteiger partial charge in [0.25, 0.3) is 0 Å². The highest BCUT2D eigenvalue weighted by Gasteiger charge is 2.35. The molecule has 0 spiro atoms. The van der Waals surface area contributed by atoms with Crippen LogP contribution in [-0.4, -0.2) is 18.6 Å². The predicted octanol–water partition coefficient (Wildman–Crippen LogP) is 7.21. The number of hydrogen-bond acceptors (Lipinski definition) is 3. The van der Waals surface area contributed by atoms with Gasteiger partial charge in [-0.3, -0.25) is 0 Å². The van der Waals surface area contributed by atoms with Crippen molar-refractivity contribution in [1.82, 2.24) is 0 Å². The topological polar surface area (TPSA) is 9.23 Å². The van der Waals surface area contributed by atoms with Crippen molar-refractivity contribution in [1.29, 1.82) is 0 Å². The van der Waals surface area contributed by atoms with E-state index in [0.29, 0.717) is 0 Å². The molecule has 3 heteroatoms. The molecule has 1 aliphatic carbocycles. The van der Waals surface area contributed by atoms with Gasteiger partial charge in [-0.25, -0.2) is 0 Å².